The number of ether oxygens (including phenoxy) is 2. The van der Waals surface area contributed by atoms with E-state index >= 15 is 0 Å². The molecule has 0 fully saturated rings. The van der Waals surface area contributed by atoms with Gasteiger partial charge < -0.3 is 14.8 Å². The number of benzene rings is 1. The highest BCUT2D eigenvalue weighted by molar-refractivity contribution is 6.31. The molecule has 3 rings (SSSR count). The van der Waals surface area contributed by atoms with Gasteiger partial charge in [0.1, 0.15) is 29.8 Å². The van der Waals surface area contributed by atoms with Crippen molar-refractivity contribution in [2.45, 2.75) is 19.6 Å². The molecule has 1 unspecified atom stereocenters. The molecule has 1 aliphatic heterocycles. The number of aromatic nitrogens is 2. The third-order valence-corrected chi connectivity index (χ3v) is 4.35. The Balaban J connectivity index is 2.06. The minimum Gasteiger partial charge on any atom is -0.488 e. The van der Waals surface area contributed by atoms with Crippen molar-refractivity contribution in [2.24, 2.45) is 12.0 Å². The summed E-state index contributed by atoms with van der Waals surface area (Å²) < 4.78 is 26.8. The van der Waals surface area contributed by atoms with Crippen LogP contribution < -0.4 is 10.1 Å². The Morgan fingerprint density at radius 3 is 3.00 bits per heavy atom. The van der Waals surface area contributed by atoms with Gasteiger partial charge in [0.2, 0.25) is 5.90 Å². The lowest BCUT2D eigenvalue weighted by atomic mass is 10.2. The average molecular weight is 393 g/mol. The molecule has 0 radical (unpaired) electrons. The van der Waals surface area contributed by atoms with Crippen LogP contribution in [-0.4, -0.2) is 34.2 Å². The zero-order chi connectivity index (χ0) is 19.6. The predicted molar refractivity (Wildman–Crippen MR) is 99.1 cm³/mol. The maximum Gasteiger partial charge on any atom is 0.256 e. The molecule has 0 bridgehead atoms. The molecule has 1 atom stereocenters. The molecular formula is C18H18ClFN4O3. The van der Waals surface area contributed by atoms with Gasteiger partial charge in [0.15, 0.2) is 5.82 Å². The van der Waals surface area contributed by atoms with Crippen molar-refractivity contribution >= 4 is 29.2 Å². The molecule has 1 amide bonds. The minimum atomic E-state index is -0.584. The standard InChI is InChI=1S/C18H18ClFN4O3/c1-4-15-23-17-11(8-22-24(17)3)18(25)21-7-10(2)27-14-6-5-13(20)16(19)12(14)9-26-15/h4-6,8,10H,1,7,9H2,2-3H3,(H,21,25)/b23-15+. The van der Waals surface area contributed by atoms with Crippen LogP contribution in [0.15, 0.2) is 36.0 Å². The van der Waals surface area contributed by atoms with Crippen LogP contribution in [0.2, 0.25) is 5.02 Å². The lowest BCUT2D eigenvalue weighted by Crippen LogP contribution is -2.33. The highest BCUT2D eigenvalue weighted by Crippen LogP contribution is 2.31. The van der Waals surface area contributed by atoms with Gasteiger partial charge >= 0.3 is 0 Å². The first-order chi connectivity index (χ1) is 12.9. The van der Waals surface area contributed by atoms with Crippen molar-refractivity contribution in [3.8, 4) is 5.75 Å². The lowest BCUT2D eigenvalue weighted by Gasteiger charge is -2.19. The summed E-state index contributed by atoms with van der Waals surface area (Å²) in [5, 5.41) is 6.74. The molecule has 1 aromatic carbocycles. The first kappa shape index (κ1) is 18.9. The fraction of sp³-hybridized carbons (Fsp3) is 0.278. The van der Waals surface area contributed by atoms with Crippen LogP contribution in [0.1, 0.15) is 22.8 Å². The van der Waals surface area contributed by atoms with Crippen molar-refractivity contribution in [2.75, 3.05) is 6.54 Å². The Kier molecular flexibility index (Phi) is 5.46. The van der Waals surface area contributed by atoms with E-state index in [2.05, 4.69) is 22.0 Å². The van der Waals surface area contributed by atoms with Crippen LogP contribution in [0.4, 0.5) is 10.2 Å². The normalized spacial score (nSPS) is 19.5. The number of aryl methyl sites for hydroxylation is 1. The second-order valence-electron chi connectivity index (χ2n) is 5.92. The third-order valence-electron chi connectivity index (χ3n) is 3.94. The van der Waals surface area contributed by atoms with Crippen LogP contribution in [0.25, 0.3) is 0 Å². The van der Waals surface area contributed by atoms with Crippen molar-refractivity contribution < 1.29 is 18.7 Å². The molecule has 1 aliphatic rings. The zero-order valence-electron chi connectivity index (χ0n) is 14.8. The molecule has 9 heteroatoms. The number of amides is 1. The van der Waals surface area contributed by atoms with Gasteiger partial charge in [-0.05, 0) is 25.1 Å². The van der Waals surface area contributed by atoms with Gasteiger partial charge in [-0.2, -0.15) is 10.1 Å². The van der Waals surface area contributed by atoms with E-state index in [0.717, 1.165) is 0 Å². The zero-order valence-corrected chi connectivity index (χ0v) is 15.6. The van der Waals surface area contributed by atoms with Gasteiger partial charge in [0.05, 0.1) is 23.3 Å². The second kappa shape index (κ2) is 7.79. The average Bonchev–Trinajstić information content (AvgIpc) is 3.01. The van der Waals surface area contributed by atoms with E-state index in [9.17, 15) is 9.18 Å². The van der Waals surface area contributed by atoms with Crippen molar-refractivity contribution in [1.82, 2.24) is 15.1 Å². The van der Waals surface area contributed by atoms with Crippen LogP contribution in [-0.2, 0) is 18.4 Å². The molecule has 1 N–H and O–H groups in total. The number of fused-ring (bicyclic) bond motifs is 2. The number of carbonyl (C=O) groups excluding carboxylic acids is 1. The van der Waals surface area contributed by atoms with Crippen LogP contribution in [0, 0.1) is 5.82 Å². The summed E-state index contributed by atoms with van der Waals surface area (Å²) in [5.74, 6) is -0.131. The van der Waals surface area contributed by atoms with Gasteiger partial charge in [0.25, 0.3) is 5.91 Å². The number of hydrogen-bond acceptors (Lipinski definition) is 5. The van der Waals surface area contributed by atoms with Gasteiger partial charge in [-0.15, -0.1) is 0 Å². The molecule has 142 valence electrons. The minimum absolute atomic E-state index is 0.0853. The van der Waals surface area contributed by atoms with E-state index in [-0.39, 0.29) is 35.5 Å². The number of nitrogens with one attached hydrogen (secondary N) is 1. The quantitative estimate of drug-likeness (QED) is 0.808. The summed E-state index contributed by atoms with van der Waals surface area (Å²) in [5.41, 5.74) is 0.627. The molecule has 2 heterocycles. The molecule has 1 aromatic heterocycles. The molecule has 7 nitrogen and oxygen atoms in total. The van der Waals surface area contributed by atoms with Gasteiger partial charge in [-0.1, -0.05) is 18.2 Å². The summed E-state index contributed by atoms with van der Waals surface area (Å²) in [6, 6.07) is 2.69. The molecule has 0 spiro atoms. The van der Waals surface area contributed by atoms with Gasteiger partial charge in [-0.25, -0.2) is 4.39 Å². The summed E-state index contributed by atoms with van der Waals surface area (Å²) in [4.78, 5) is 16.8. The number of rotatable bonds is 1. The smallest absolute Gasteiger partial charge is 0.256 e. The predicted octanol–water partition coefficient (Wildman–Crippen LogP) is 3.16. The maximum absolute atomic E-state index is 13.9. The van der Waals surface area contributed by atoms with E-state index in [4.69, 9.17) is 21.1 Å². The van der Waals surface area contributed by atoms with Crippen molar-refractivity contribution in [1.29, 1.82) is 0 Å². The maximum atomic E-state index is 13.9. The van der Waals surface area contributed by atoms with Crippen LogP contribution in [0.5, 0.6) is 5.75 Å². The van der Waals surface area contributed by atoms with E-state index in [1.807, 2.05) is 0 Å². The Labute approximate surface area is 160 Å². The van der Waals surface area contributed by atoms with Crippen molar-refractivity contribution in [3.63, 3.8) is 0 Å². The summed E-state index contributed by atoms with van der Waals surface area (Å²) in [6.45, 7) is 5.57. The first-order valence-electron chi connectivity index (χ1n) is 8.18. The first-order valence-corrected chi connectivity index (χ1v) is 8.56. The molecule has 0 saturated heterocycles. The Morgan fingerprint density at radius 2 is 2.26 bits per heavy atom. The van der Waals surface area contributed by atoms with E-state index < -0.39 is 11.9 Å². The number of halogens is 2. The Hall–Kier alpha value is -2.87. The number of hydrogen-bond donors (Lipinski definition) is 1. The highest BCUT2D eigenvalue weighted by Gasteiger charge is 2.21. The Bertz CT molecular complexity index is 926. The number of aliphatic imine (C=N–C) groups is 1. The third kappa shape index (κ3) is 3.95. The van der Waals surface area contributed by atoms with Gasteiger partial charge in [-0.3, -0.25) is 9.48 Å². The summed E-state index contributed by atoms with van der Waals surface area (Å²) in [7, 11) is 1.65. The summed E-state index contributed by atoms with van der Waals surface area (Å²) in [6.07, 6.45) is 2.40. The van der Waals surface area contributed by atoms with Crippen LogP contribution >= 0.6 is 11.6 Å². The second-order valence-corrected chi connectivity index (χ2v) is 6.30. The number of carbonyl (C=O) groups is 1. The fourth-order valence-electron chi connectivity index (χ4n) is 2.52. The van der Waals surface area contributed by atoms with E-state index in [0.29, 0.717) is 17.1 Å². The largest absolute Gasteiger partial charge is 0.488 e. The lowest BCUT2D eigenvalue weighted by molar-refractivity contribution is 0.0932. The highest BCUT2D eigenvalue weighted by atomic mass is 35.5. The molecule has 0 saturated carbocycles. The van der Waals surface area contributed by atoms with Crippen LogP contribution in [0.3, 0.4) is 0 Å². The Morgan fingerprint density at radius 1 is 1.48 bits per heavy atom. The fourth-order valence-corrected chi connectivity index (χ4v) is 2.73. The monoisotopic (exact) mass is 392 g/mol. The van der Waals surface area contributed by atoms with Crippen molar-refractivity contribution in [3.05, 3.63) is 53.0 Å². The van der Waals surface area contributed by atoms with E-state index in [1.165, 1.54) is 29.1 Å². The SMILES string of the molecule is C=C/C1=N\c2c(cnn2C)C(=O)NCC(C)Oc2ccc(F)c(Cl)c2CO1. The molecule has 27 heavy (non-hydrogen) atoms. The van der Waals surface area contributed by atoms with Gasteiger partial charge in [0, 0.05) is 7.05 Å². The molecule has 2 aromatic rings. The molecule has 0 aliphatic carbocycles. The van der Waals surface area contributed by atoms with E-state index in [1.54, 1.807) is 14.0 Å². The topological polar surface area (TPSA) is 77.7 Å². The molecular weight excluding hydrogens is 375 g/mol. The number of nitrogens with zero attached hydrogens (tertiary/aromatic N) is 3. The summed E-state index contributed by atoms with van der Waals surface area (Å²) >= 11 is 6.10.